The molecule has 5 heteroatoms. The average molecular weight is 326 g/mol. The summed E-state index contributed by atoms with van der Waals surface area (Å²) >= 11 is 0. The first-order valence-electron chi connectivity index (χ1n) is 7.72. The minimum absolute atomic E-state index is 0.0278. The fraction of sp³-hybridized carbons (Fsp3) is 0.263. The Morgan fingerprint density at radius 3 is 2.12 bits per heavy atom. The molecule has 2 rings (SSSR count). The van der Waals surface area contributed by atoms with Gasteiger partial charge < -0.3 is 15.0 Å². The maximum Gasteiger partial charge on any atom is 0.224 e. The number of carbonyl (C=O) groups is 2. The number of ether oxygens (including phenoxy) is 1. The highest BCUT2D eigenvalue weighted by Crippen LogP contribution is 2.14. The van der Waals surface area contributed by atoms with E-state index in [1.54, 1.807) is 19.1 Å². The van der Waals surface area contributed by atoms with Crippen LogP contribution in [0.2, 0.25) is 0 Å². The number of benzene rings is 2. The molecule has 0 aliphatic rings. The van der Waals surface area contributed by atoms with Crippen LogP contribution in [-0.4, -0.2) is 26.0 Å². The molecular formula is C19H22N2O3. The molecule has 126 valence electrons. The van der Waals surface area contributed by atoms with Gasteiger partial charge in [0, 0.05) is 26.2 Å². The summed E-state index contributed by atoms with van der Waals surface area (Å²) in [5.41, 5.74) is 2.73. The molecule has 2 amide bonds. The first-order chi connectivity index (χ1) is 11.5. The molecular weight excluding hydrogens is 304 g/mol. The fourth-order valence-corrected chi connectivity index (χ4v) is 2.21. The monoisotopic (exact) mass is 326 g/mol. The van der Waals surface area contributed by atoms with E-state index in [0.717, 1.165) is 22.6 Å². The number of methoxy groups -OCH3 is 1. The topological polar surface area (TPSA) is 58.6 Å². The van der Waals surface area contributed by atoms with Crippen molar-refractivity contribution in [3.63, 3.8) is 0 Å². The van der Waals surface area contributed by atoms with Crippen LogP contribution in [0.4, 0.5) is 5.69 Å². The molecule has 5 nitrogen and oxygen atoms in total. The normalized spacial score (nSPS) is 10.1. The summed E-state index contributed by atoms with van der Waals surface area (Å²) in [5.74, 6) is 0.721. The molecule has 0 aromatic heterocycles. The van der Waals surface area contributed by atoms with Crippen LogP contribution < -0.4 is 15.0 Å². The van der Waals surface area contributed by atoms with E-state index in [0.29, 0.717) is 13.0 Å². The van der Waals surface area contributed by atoms with E-state index in [2.05, 4.69) is 5.32 Å². The Bertz CT molecular complexity index is 694. The summed E-state index contributed by atoms with van der Waals surface area (Å²) in [7, 11) is 3.34. The molecule has 24 heavy (non-hydrogen) atoms. The molecule has 0 saturated carbocycles. The van der Waals surface area contributed by atoms with Crippen molar-refractivity contribution in [2.75, 3.05) is 19.1 Å². The van der Waals surface area contributed by atoms with Gasteiger partial charge in [-0.25, -0.2) is 0 Å². The van der Waals surface area contributed by atoms with E-state index in [-0.39, 0.29) is 11.8 Å². The Morgan fingerprint density at radius 2 is 1.58 bits per heavy atom. The van der Waals surface area contributed by atoms with Gasteiger partial charge >= 0.3 is 0 Å². The molecule has 0 fully saturated rings. The predicted molar refractivity (Wildman–Crippen MR) is 94.1 cm³/mol. The summed E-state index contributed by atoms with van der Waals surface area (Å²) in [6, 6.07) is 15.0. The molecule has 0 unspecified atom stereocenters. The molecule has 1 N–H and O–H groups in total. The number of anilines is 1. The minimum atomic E-state index is -0.0431. The molecule has 0 atom stereocenters. The van der Waals surface area contributed by atoms with Crippen LogP contribution in [0.5, 0.6) is 5.75 Å². The first kappa shape index (κ1) is 17.5. The van der Waals surface area contributed by atoms with Gasteiger partial charge in [0.2, 0.25) is 11.8 Å². The highest BCUT2D eigenvalue weighted by atomic mass is 16.5. The van der Waals surface area contributed by atoms with Gasteiger partial charge in [-0.05, 0) is 35.4 Å². The Kier molecular flexibility index (Phi) is 5.95. The van der Waals surface area contributed by atoms with Crippen molar-refractivity contribution in [2.45, 2.75) is 19.9 Å². The molecule has 0 radical (unpaired) electrons. The molecule has 0 spiro atoms. The molecule has 0 saturated heterocycles. The molecule has 2 aromatic rings. The van der Waals surface area contributed by atoms with Crippen molar-refractivity contribution in [3.8, 4) is 5.75 Å². The van der Waals surface area contributed by atoms with Crippen LogP contribution in [0.15, 0.2) is 48.5 Å². The molecule has 0 aliphatic carbocycles. The SMILES string of the molecule is COc1ccc(CNC(=O)Cc2ccc(N(C)C(C)=O)cc2)cc1. The second kappa shape index (κ2) is 8.15. The maximum absolute atomic E-state index is 12.0. The van der Waals surface area contributed by atoms with Crippen LogP contribution in [0.1, 0.15) is 18.1 Å². The molecule has 0 aliphatic heterocycles. The summed E-state index contributed by atoms with van der Waals surface area (Å²) in [6.45, 7) is 1.99. The van der Waals surface area contributed by atoms with Gasteiger partial charge in [0.25, 0.3) is 0 Å². The summed E-state index contributed by atoms with van der Waals surface area (Å²) < 4.78 is 5.10. The zero-order chi connectivity index (χ0) is 17.5. The van der Waals surface area contributed by atoms with E-state index in [9.17, 15) is 9.59 Å². The van der Waals surface area contributed by atoms with E-state index >= 15 is 0 Å². The number of carbonyl (C=O) groups excluding carboxylic acids is 2. The number of hydrogen-bond acceptors (Lipinski definition) is 3. The third-order valence-electron chi connectivity index (χ3n) is 3.81. The predicted octanol–water partition coefficient (Wildman–Crippen LogP) is 2.54. The van der Waals surface area contributed by atoms with Crippen LogP contribution in [0, 0.1) is 0 Å². The van der Waals surface area contributed by atoms with Gasteiger partial charge in [-0.15, -0.1) is 0 Å². The third-order valence-corrected chi connectivity index (χ3v) is 3.81. The lowest BCUT2D eigenvalue weighted by molar-refractivity contribution is -0.120. The smallest absolute Gasteiger partial charge is 0.224 e. The van der Waals surface area contributed by atoms with Gasteiger partial charge in [0.15, 0.2) is 0 Å². The zero-order valence-electron chi connectivity index (χ0n) is 14.2. The number of nitrogens with one attached hydrogen (secondary N) is 1. The van der Waals surface area contributed by atoms with E-state index < -0.39 is 0 Å². The van der Waals surface area contributed by atoms with Gasteiger partial charge in [0.1, 0.15) is 5.75 Å². The average Bonchev–Trinajstić information content (AvgIpc) is 2.60. The minimum Gasteiger partial charge on any atom is -0.497 e. The quantitative estimate of drug-likeness (QED) is 0.887. The lowest BCUT2D eigenvalue weighted by Gasteiger charge is -2.15. The van der Waals surface area contributed by atoms with Crippen molar-refractivity contribution in [1.29, 1.82) is 0 Å². The van der Waals surface area contributed by atoms with Crippen LogP contribution in [-0.2, 0) is 22.6 Å². The molecule has 0 bridgehead atoms. The highest BCUT2D eigenvalue weighted by Gasteiger charge is 2.07. The number of rotatable bonds is 6. The van der Waals surface area contributed by atoms with Gasteiger partial charge in [-0.3, -0.25) is 9.59 Å². The highest BCUT2D eigenvalue weighted by molar-refractivity contribution is 5.90. The van der Waals surface area contributed by atoms with Gasteiger partial charge in [-0.2, -0.15) is 0 Å². The fourth-order valence-electron chi connectivity index (χ4n) is 2.21. The Hall–Kier alpha value is -2.82. The lowest BCUT2D eigenvalue weighted by Crippen LogP contribution is -2.25. The summed E-state index contributed by atoms with van der Waals surface area (Å²) in [6.07, 6.45) is 0.306. The van der Waals surface area contributed by atoms with E-state index in [4.69, 9.17) is 4.74 Å². The maximum atomic E-state index is 12.0. The molecule has 0 heterocycles. The van der Waals surface area contributed by atoms with Crippen LogP contribution in [0.25, 0.3) is 0 Å². The summed E-state index contributed by atoms with van der Waals surface area (Å²) in [4.78, 5) is 24.9. The number of nitrogens with zero attached hydrogens (tertiary/aromatic N) is 1. The second-order valence-corrected chi connectivity index (χ2v) is 5.55. The van der Waals surface area contributed by atoms with Crippen LogP contribution >= 0.6 is 0 Å². The van der Waals surface area contributed by atoms with Crippen molar-refractivity contribution in [1.82, 2.24) is 5.32 Å². The van der Waals surface area contributed by atoms with Crippen molar-refractivity contribution >= 4 is 17.5 Å². The number of hydrogen-bond donors (Lipinski definition) is 1. The van der Waals surface area contributed by atoms with Crippen molar-refractivity contribution < 1.29 is 14.3 Å². The zero-order valence-corrected chi connectivity index (χ0v) is 14.2. The van der Waals surface area contributed by atoms with Crippen molar-refractivity contribution in [2.24, 2.45) is 0 Å². The Morgan fingerprint density at radius 1 is 1.00 bits per heavy atom. The third kappa shape index (κ3) is 4.84. The first-order valence-corrected chi connectivity index (χ1v) is 7.72. The molecule has 2 aromatic carbocycles. The Balaban J connectivity index is 1.86. The van der Waals surface area contributed by atoms with Gasteiger partial charge in [0.05, 0.1) is 13.5 Å². The van der Waals surface area contributed by atoms with Crippen molar-refractivity contribution in [3.05, 3.63) is 59.7 Å². The number of amides is 2. The second-order valence-electron chi connectivity index (χ2n) is 5.55. The van der Waals surface area contributed by atoms with E-state index in [1.807, 2.05) is 48.5 Å². The van der Waals surface area contributed by atoms with Gasteiger partial charge in [-0.1, -0.05) is 24.3 Å². The largest absolute Gasteiger partial charge is 0.497 e. The van der Waals surface area contributed by atoms with Crippen LogP contribution in [0.3, 0.4) is 0 Å². The summed E-state index contributed by atoms with van der Waals surface area (Å²) in [5, 5.41) is 2.90. The Labute approximate surface area is 142 Å². The lowest BCUT2D eigenvalue weighted by atomic mass is 10.1. The standard InChI is InChI=1S/C19H22N2O3/c1-14(22)21(2)17-8-4-15(5-9-17)12-19(23)20-13-16-6-10-18(24-3)11-7-16/h4-11H,12-13H2,1-3H3,(H,20,23). The van der Waals surface area contributed by atoms with E-state index in [1.165, 1.54) is 6.92 Å².